The number of pyridine rings is 1. The molecule has 0 radical (unpaired) electrons. The zero-order valence-corrected chi connectivity index (χ0v) is 13.7. The van der Waals surface area contributed by atoms with Gasteiger partial charge in [-0.15, -0.1) is 0 Å². The van der Waals surface area contributed by atoms with Crippen LogP contribution in [0.2, 0.25) is 0 Å². The first kappa shape index (κ1) is 16.6. The lowest BCUT2D eigenvalue weighted by molar-refractivity contribution is -0.124. The third-order valence-corrected chi connectivity index (χ3v) is 4.49. The Bertz CT molecular complexity index is 652. The summed E-state index contributed by atoms with van der Waals surface area (Å²) in [4.78, 5) is 16.3. The van der Waals surface area contributed by atoms with E-state index in [2.05, 4.69) is 10.3 Å². The van der Waals surface area contributed by atoms with Gasteiger partial charge in [-0.1, -0.05) is 30.3 Å². The lowest BCUT2D eigenvalue weighted by Gasteiger charge is -2.26. The summed E-state index contributed by atoms with van der Waals surface area (Å²) in [6.45, 7) is 1.88. The third-order valence-electron chi connectivity index (χ3n) is 4.49. The van der Waals surface area contributed by atoms with E-state index in [1.165, 1.54) is 0 Å². The number of amides is 1. The van der Waals surface area contributed by atoms with Gasteiger partial charge in [-0.25, -0.2) is 0 Å². The molecule has 2 aromatic rings. The normalized spacial score (nSPS) is 16.5. The van der Waals surface area contributed by atoms with Crippen LogP contribution in [0, 0.1) is 5.92 Å². The number of hydrogen-bond donors (Lipinski definition) is 2. The van der Waals surface area contributed by atoms with Crippen LogP contribution >= 0.6 is 0 Å². The van der Waals surface area contributed by atoms with Crippen LogP contribution in [0.15, 0.2) is 48.8 Å². The molecule has 1 saturated heterocycles. The standard InChI is InChI=1S/C19H23N3O2/c20-18(16-7-10-24-11-8-16)19(23)22-12-14-3-5-15(6-4-14)17-2-1-9-21-13-17/h1-6,9,13,16,18H,7-8,10-12,20H2,(H,22,23). The van der Waals surface area contributed by atoms with Gasteiger partial charge in [0.2, 0.25) is 5.91 Å². The van der Waals surface area contributed by atoms with Gasteiger partial charge in [0.05, 0.1) is 6.04 Å². The van der Waals surface area contributed by atoms with Crippen LogP contribution in [0.4, 0.5) is 0 Å². The van der Waals surface area contributed by atoms with Gasteiger partial charge in [0, 0.05) is 32.2 Å². The third kappa shape index (κ3) is 4.19. The molecule has 1 fully saturated rings. The predicted octanol–water partition coefficient (Wildman–Crippen LogP) is 2.12. The van der Waals surface area contributed by atoms with Crippen molar-refractivity contribution < 1.29 is 9.53 Å². The van der Waals surface area contributed by atoms with E-state index in [1.807, 2.05) is 42.6 Å². The van der Waals surface area contributed by atoms with Crippen LogP contribution in [0.25, 0.3) is 11.1 Å². The maximum atomic E-state index is 12.2. The van der Waals surface area contributed by atoms with Crippen LogP contribution < -0.4 is 11.1 Å². The Hall–Kier alpha value is -2.24. The lowest BCUT2D eigenvalue weighted by Crippen LogP contribution is -2.46. The first-order valence-electron chi connectivity index (χ1n) is 8.34. The van der Waals surface area contributed by atoms with Crippen LogP contribution in [0.5, 0.6) is 0 Å². The first-order valence-corrected chi connectivity index (χ1v) is 8.34. The number of nitrogens with zero attached hydrogens (tertiary/aromatic N) is 1. The molecular formula is C19H23N3O2. The van der Waals surface area contributed by atoms with Gasteiger partial charge in [0.1, 0.15) is 0 Å². The number of ether oxygens (including phenoxy) is 1. The quantitative estimate of drug-likeness (QED) is 0.883. The summed E-state index contributed by atoms with van der Waals surface area (Å²) >= 11 is 0. The Balaban J connectivity index is 1.53. The van der Waals surface area contributed by atoms with Gasteiger partial charge in [0.25, 0.3) is 0 Å². The number of nitrogens with one attached hydrogen (secondary N) is 1. The maximum absolute atomic E-state index is 12.2. The molecule has 24 heavy (non-hydrogen) atoms. The molecule has 3 N–H and O–H groups in total. The lowest BCUT2D eigenvalue weighted by atomic mass is 9.92. The highest BCUT2D eigenvalue weighted by atomic mass is 16.5. The van der Waals surface area contributed by atoms with Gasteiger partial charge in [-0.2, -0.15) is 0 Å². The SMILES string of the molecule is NC(C(=O)NCc1ccc(-c2cccnc2)cc1)C1CCOCC1. The molecule has 0 spiro atoms. The Labute approximate surface area is 142 Å². The van der Waals surface area contributed by atoms with Crippen molar-refractivity contribution in [2.24, 2.45) is 11.7 Å². The molecule has 0 bridgehead atoms. The Morgan fingerprint density at radius 1 is 1.21 bits per heavy atom. The molecule has 3 rings (SSSR count). The van der Waals surface area contributed by atoms with Gasteiger partial charge in [-0.3, -0.25) is 9.78 Å². The van der Waals surface area contributed by atoms with Crippen molar-refractivity contribution in [2.45, 2.75) is 25.4 Å². The highest BCUT2D eigenvalue weighted by molar-refractivity contribution is 5.81. The average Bonchev–Trinajstić information content (AvgIpc) is 2.67. The summed E-state index contributed by atoms with van der Waals surface area (Å²) in [5, 5.41) is 2.94. The van der Waals surface area contributed by atoms with E-state index in [4.69, 9.17) is 10.5 Å². The van der Waals surface area contributed by atoms with Gasteiger partial charge in [-0.05, 0) is 41.5 Å². The maximum Gasteiger partial charge on any atom is 0.237 e. The molecule has 1 aromatic carbocycles. The number of nitrogens with two attached hydrogens (primary N) is 1. The minimum Gasteiger partial charge on any atom is -0.381 e. The number of carbonyl (C=O) groups is 1. The predicted molar refractivity (Wildman–Crippen MR) is 93.0 cm³/mol. The molecule has 1 atom stereocenters. The van der Waals surface area contributed by atoms with Crippen molar-refractivity contribution in [3.63, 3.8) is 0 Å². The molecule has 126 valence electrons. The summed E-state index contributed by atoms with van der Waals surface area (Å²) in [7, 11) is 0. The fraction of sp³-hybridized carbons (Fsp3) is 0.368. The Kier molecular flexibility index (Phi) is 5.56. The molecule has 1 unspecified atom stereocenters. The van der Waals surface area contributed by atoms with E-state index < -0.39 is 6.04 Å². The second-order valence-electron chi connectivity index (χ2n) is 6.13. The van der Waals surface area contributed by atoms with Gasteiger partial charge < -0.3 is 15.8 Å². The highest BCUT2D eigenvalue weighted by Gasteiger charge is 2.26. The van der Waals surface area contributed by atoms with Crippen molar-refractivity contribution >= 4 is 5.91 Å². The number of benzene rings is 1. The Morgan fingerprint density at radius 2 is 1.96 bits per heavy atom. The summed E-state index contributed by atoms with van der Waals surface area (Å²) < 4.78 is 5.31. The molecule has 1 aromatic heterocycles. The van der Waals surface area contributed by atoms with E-state index in [0.29, 0.717) is 19.8 Å². The minimum absolute atomic E-state index is 0.0850. The smallest absolute Gasteiger partial charge is 0.237 e. The average molecular weight is 325 g/mol. The van der Waals surface area contributed by atoms with Crippen molar-refractivity contribution in [1.82, 2.24) is 10.3 Å². The monoisotopic (exact) mass is 325 g/mol. The zero-order chi connectivity index (χ0) is 16.8. The molecule has 0 aliphatic carbocycles. The fourth-order valence-electron chi connectivity index (χ4n) is 2.94. The summed E-state index contributed by atoms with van der Waals surface area (Å²) in [6.07, 6.45) is 5.31. The van der Waals surface area contributed by atoms with E-state index in [1.54, 1.807) is 6.20 Å². The molecule has 5 heteroatoms. The molecule has 1 aliphatic rings. The molecular weight excluding hydrogens is 302 g/mol. The van der Waals surface area contributed by atoms with Gasteiger partial charge in [0.15, 0.2) is 0 Å². The molecule has 1 aliphatic heterocycles. The number of rotatable bonds is 5. The summed E-state index contributed by atoms with van der Waals surface area (Å²) in [5.41, 5.74) is 9.32. The fourth-order valence-corrected chi connectivity index (χ4v) is 2.94. The number of carbonyl (C=O) groups excluding carboxylic acids is 1. The van der Waals surface area contributed by atoms with Gasteiger partial charge >= 0.3 is 0 Å². The largest absolute Gasteiger partial charge is 0.381 e. The Morgan fingerprint density at radius 3 is 2.62 bits per heavy atom. The molecule has 5 nitrogen and oxygen atoms in total. The molecule has 1 amide bonds. The second kappa shape index (κ2) is 8.04. The van der Waals surface area contributed by atoms with Crippen molar-refractivity contribution in [2.75, 3.05) is 13.2 Å². The molecule has 0 saturated carbocycles. The molecule has 2 heterocycles. The van der Waals surface area contributed by atoms with Crippen LogP contribution in [-0.4, -0.2) is 30.1 Å². The highest BCUT2D eigenvalue weighted by Crippen LogP contribution is 2.19. The van der Waals surface area contributed by atoms with Crippen molar-refractivity contribution in [3.8, 4) is 11.1 Å². The van der Waals surface area contributed by atoms with Crippen molar-refractivity contribution in [1.29, 1.82) is 0 Å². The van der Waals surface area contributed by atoms with E-state index in [-0.39, 0.29) is 11.8 Å². The number of hydrogen-bond acceptors (Lipinski definition) is 4. The van der Waals surface area contributed by atoms with E-state index in [0.717, 1.165) is 29.5 Å². The first-order chi connectivity index (χ1) is 11.7. The summed E-state index contributed by atoms with van der Waals surface area (Å²) in [5.74, 6) is 0.130. The number of aromatic nitrogens is 1. The zero-order valence-electron chi connectivity index (χ0n) is 13.7. The van der Waals surface area contributed by atoms with Crippen molar-refractivity contribution in [3.05, 3.63) is 54.4 Å². The van der Waals surface area contributed by atoms with Crippen LogP contribution in [0.3, 0.4) is 0 Å². The topological polar surface area (TPSA) is 77.2 Å². The van der Waals surface area contributed by atoms with E-state index >= 15 is 0 Å². The summed E-state index contributed by atoms with van der Waals surface area (Å²) in [6, 6.07) is 11.6. The van der Waals surface area contributed by atoms with E-state index in [9.17, 15) is 4.79 Å². The second-order valence-corrected chi connectivity index (χ2v) is 6.13. The van der Waals surface area contributed by atoms with Crippen LogP contribution in [0.1, 0.15) is 18.4 Å². The van der Waals surface area contributed by atoms with Crippen LogP contribution in [-0.2, 0) is 16.1 Å². The minimum atomic E-state index is -0.455.